The summed E-state index contributed by atoms with van der Waals surface area (Å²) < 4.78 is 10.6. The number of H-pyrrole nitrogens is 1. The van der Waals surface area contributed by atoms with Crippen LogP contribution in [0.25, 0.3) is 10.9 Å². The summed E-state index contributed by atoms with van der Waals surface area (Å²) in [6.07, 6.45) is 2.53. The van der Waals surface area contributed by atoms with Gasteiger partial charge in [-0.2, -0.15) is 0 Å². The van der Waals surface area contributed by atoms with E-state index in [4.69, 9.17) is 9.47 Å². The molecule has 2 aromatic carbocycles. The van der Waals surface area contributed by atoms with E-state index in [1.165, 1.54) is 0 Å². The Balaban J connectivity index is 1.65. The molecular weight excluding hydrogens is 394 g/mol. The molecule has 0 aliphatic heterocycles. The lowest BCUT2D eigenvalue weighted by molar-refractivity contribution is -0.148. The molecule has 7 nitrogen and oxygen atoms in total. The number of rotatable bonds is 11. The lowest BCUT2D eigenvalue weighted by Gasteiger charge is -2.26. The average Bonchev–Trinajstić information content (AvgIpc) is 3.20. The van der Waals surface area contributed by atoms with Crippen molar-refractivity contribution in [1.82, 2.24) is 15.6 Å². The fourth-order valence-corrected chi connectivity index (χ4v) is 3.53. The maximum atomic E-state index is 12.6. The number of hydrogen-bond acceptors (Lipinski definition) is 6. The van der Waals surface area contributed by atoms with Gasteiger partial charge in [0.25, 0.3) is 0 Å². The van der Waals surface area contributed by atoms with E-state index in [0.717, 1.165) is 22.0 Å². The number of likely N-dealkylation sites (N-methyl/N-ethyl adjacent to an activating group) is 1. The van der Waals surface area contributed by atoms with E-state index in [2.05, 4.69) is 15.6 Å². The zero-order chi connectivity index (χ0) is 22.1. The number of para-hydroxylation sites is 1. The van der Waals surface area contributed by atoms with Crippen LogP contribution in [0.2, 0.25) is 0 Å². The first-order chi connectivity index (χ1) is 15.1. The van der Waals surface area contributed by atoms with Crippen molar-refractivity contribution in [3.63, 3.8) is 0 Å². The molecule has 164 valence electrons. The Kier molecular flexibility index (Phi) is 8.20. The first kappa shape index (κ1) is 22.5. The quantitative estimate of drug-likeness (QED) is 0.411. The van der Waals surface area contributed by atoms with Crippen molar-refractivity contribution in [2.45, 2.75) is 32.0 Å². The predicted octanol–water partition coefficient (Wildman–Crippen LogP) is 2.56. The third-order valence-corrected chi connectivity index (χ3v) is 5.14. The average molecular weight is 424 g/mol. The highest BCUT2D eigenvalue weighted by Crippen LogP contribution is 2.20. The van der Waals surface area contributed by atoms with E-state index in [0.29, 0.717) is 6.42 Å². The number of benzene rings is 2. The van der Waals surface area contributed by atoms with Gasteiger partial charge in [-0.3, -0.25) is 14.9 Å². The molecule has 0 fully saturated rings. The lowest BCUT2D eigenvalue weighted by atomic mass is 9.99. The van der Waals surface area contributed by atoms with Gasteiger partial charge in [-0.25, -0.2) is 0 Å². The molecule has 0 saturated heterocycles. The summed E-state index contributed by atoms with van der Waals surface area (Å²) in [6.45, 7) is 2.12. The van der Waals surface area contributed by atoms with Crippen LogP contribution in [0, 0.1) is 0 Å². The third kappa shape index (κ3) is 6.16. The van der Waals surface area contributed by atoms with Crippen LogP contribution in [0.5, 0.6) is 0 Å². The molecule has 2 atom stereocenters. The largest absolute Gasteiger partial charge is 0.465 e. The molecule has 0 saturated carbocycles. The summed E-state index contributed by atoms with van der Waals surface area (Å²) in [6, 6.07) is 16.5. The predicted molar refractivity (Wildman–Crippen MR) is 120 cm³/mol. The van der Waals surface area contributed by atoms with Crippen molar-refractivity contribution in [3.8, 4) is 0 Å². The van der Waals surface area contributed by atoms with Crippen molar-refractivity contribution in [3.05, 3.63) is 71.9 Å². The SMILES string of the molecule is CCOC(=O)C(NCC(=O)OCc1ccccc1)C(Cc1c[nH]c2ccccc12)NC. The maximum absolute atomic E-state index is 12.6. The molecule has 3 rings (SSSR count). The van der Waals surface area contributed by atoms with E-state index >= 15 is 0 Å². The van der Waals surface area contributed by atoms with E-state index in [-0.39, 0.29) is 25.8 Å². The van der Waals surface area contributed by atoms with Crippen LogP contribution in [0.15, 0.2) is 60.8 Å². The zero-order valence-corrected chi connectivity index (χ0v) is 17.9. The second-order valence-corrected chi connectivity index (χ2v) is 7.22. The minimum atomic E-state index is -0.706. The van der Waals surface area contributed by atoms with Gasteiger partial charge in [0.05, 0.1) is 13.2 Å². The number of carbonyl (C=O) groups excluding carboxylic acids is 2. The number of ether oxygens (including phenoxy) is 2. The monoisotopic (exact) mass is 423 g/mol. The van der Waals surface area contributed by atoms with Crippen molar-refractivity contribution in [1.29, 1.82) is 0 Å². The van der Waals surface area contributed by atoms with Crippen molar-refractivity contribution in [2.75, 3.05) is 20.2 Å². The molecule has 0 spiro atoms. The first-order valence-electron chi connectivity index (χ1n) is 10.4. The van der Waals surface area contributed by atoms with Crippen LogP contribution in [-0.4, -0.2) is 49.2 Å². The van der Waals surface area contributed by atoms with Crippen molar-refractivity contribution in [2.24, 2.45) is 0 Å². The van der Waals surface area contributed by atoms with Gasteiger partial charge in [0, 0.05) is 23.1 Å². The summed E-state index contributed by atoms with van der Waals surface area (Å²) >= 11 is 0. The lowest BCUT2D eigenvalue weighted by Crippen LogP contribution is -2.54. The Labute approximate surface area is 182 Å². The van der Waals surface area contributed by atoms with Crippen LogP contribution in [0.4, 0.5) is 0 Å². The topological polar surface area (TPSA) is 92.4 Å². The van der Waals surface area contributed by atoms with E-state index in [9.17, 15) is 9.59 Å². The molecule has 0 radical (unpaired) electrons. The maximum Gasteiger partial charge on any atom is 0.324 e. The van der Waals surface area contributed by atoms with Gasteiger partial charge in [0.1, 0.15) is 12.6 Å². The summed E-state index contributed by atoms with van der Waals surface area (Å²) in [5, 5.41) is 7.33. The number of carbonyl (C=O) groups is 2. The van der Waals surface area contributed by atoms with Crippen molar-refractivity contribution >= 4 is 22.8 Å². The minimum Gasteiger partial charge on any atom is -0.465 e. The van der Waals surface area contributed by atoms with Gasteiger partial charge in [-0.1, -0.05) is 48.5 Å². The Hall–Kier alpha value is -3.16. The van der Waals surface area contributed by atoms with Crippen LogP contribution in [-0.2, 0) is 32.1 Å². The standard InChI is InChI=1S/C24H29N3O4/c1-3-30-24(29)23(27-15-22(28)31-16-17-9-5-4-6-10-17)21(25-2)13-18-14-26-20-12-8-7-11-19(18)20/h4-12,14,21,23,25-27H,3,13,15-16H2,1-2H3. The smallest absolute Gasteiger partial charge is 0.324 e. The van der Waals surface area contributed by atoms with Gasteiger partial charge in [0.15, 0.2) is 0 Å². The molecular formula is C24H29N3O4. The van der Waals surface area contributed by atoms with Crippen molar-refractivity contribution < 1.29 is 19.1 Å². The molecule has 3 aromatic rings. The zero-order valence-electron chi connectivity index (χ0n) is 17.9. The molecule has 0 bridgehead atoms. The molecule has 3 N–H and O–H groups in total. The van der Waals surface area contributed by atoms with E-state index < -0.39 is 18.0 Å². The minimum absolute atomic E-state index is 0.0949. The molecule has 31 heavy (non-hydrogen) atoms. The van der Waals surface area contributed by atoms with E-state index in [1.54, 1.807) is 14.0 Å². The van der Waals surface area contributed by atoms with Gasteiger partial charge < -0.3 is 19.8 Å². The highest BCUT2D eigenvalue weighted by atomic mass is 16.5. The second-order valence-electron chi connectivity index (χ2n) is 7.22. The van der Waals surface area contributed by atoms with Gasteiger partial charge in [-0.15, -0.1) is 0 Å². The molecule has 0 aliphatic rings. The summed E-state index contributed by atoms with van der Waals surface area (Å²) in [7, 11) is 1.79. The third-order valence-electron chi connectivity index (χ3n) is 5.14. The van der Waals surface area contributed by atoms with E-state index in [1.807, 2.05) is 60.8 Å². The number of fused-ring (bicyclic) bond motifs is 1. The number of aromatic amines is 1. The molecule has 0 amide bonds. The highest BCUT2D eigenvalue weighted by molar-refractivity contribution is 5.83. The number of hydrogen-bond donors (Lipinski definition) is 3. The Bertz CT molecular complexity index is 987. The first-order valence-corrected chi connectivity index (χ1v) is 10.4. The molecule has 0 aliphatic carbocycles. The summed E-state index contributed by atoms with van der Waals surface area (Å²) in [5.74, 6) is -0.836. The van der Waals surface area contributed by atoms with Gasteiger partial charge in [-0.05, 0) is 37.6 Å². The Morgan fingerprint density at radius 1 is 1.03 bits per heavy atom. The van der Waals surface area contributed by atoms with Crippen LogP contribution in [0.1, 0.15) is 18.1 Å². The fourth-order valence-electron chi connectivity index (χ4n) is 3.53. The van der Waals surface area contributed by atoms with Gasteiger partial charge in [0.2, 0.25) is 0 Å². The molecule has 2 unspecified atom stereocenters. The second kappa shape index (κ2) is 11.3. The summed E-state index contributed by atoms with van der Waals surface area (Å²) in [5.41, 5.74) is 3.03. The number of esters is 2. The molecule has 7 heteroatoms. The van der Waals surface area contributed by atoms with Crippen LogP contribution in [0.3, 0.4) is 0 Å². The number of nitrogens with one attached hydrogen (secondary N) is 3. The Morgan fingerprint density at radius 3 is 2.52 bits per heavy atom. The normalized spacial score (nSPS) is 13.0. The number of aromatic nitrogens is 1. The van der Waals surface area contributed by atoms with Gasteiger partial charge >= 0.3 is 11.9 Å². The molecule has 1 heterocycles. The molecule has 1 aromatic heterocycles. The summed E-state index contributed by atoms with van der Waals surface area (Å²) in [4.78, 5) is 28.1. The van der Waals surface area contributed by atoms with Crippen LogP contribution < -0.4 is 10.6 Å². The highest BCUT2D eigenvalue weighted by Gasteiger charge is 2.30. The van der Waals surface area contributed by atoms with Crippen LogP contribution >= 0.6 is 0 Å². The fraction of sp³-hybridized carbons (Fsp3) is 0.333. The Morgan fingerprint density at radius 2 is 1.77 bits per heavy atom.